The molecule has 2 N–H and O–H groups in total. The number of ether oxygens (including phenoxy) is 2. The summed E-state index contributed by atoms with van der Waals surface area (Å²) in [6.07, 6.45) is 1.71. The Balaban J connectivity index is 2.49. The lowest BCUT2D eigenvalue weighted by molar-refractivity contribution is 0.0581. The first-order valence-corrected chi connectivity index (χ1v) is 6.90. The van der Waals surface area contributed by atoms with Gasteiger partial charge in [-0.25, -0.2) is 9.48 Å². The van der Waals surface area contributed by atoms with Crippen LogP contribution in [0.25, 0.3) is 0 Å². The predicted molar refractivity (Wildman–Crippen MR) is 75.8 cm³/mol. The van der Waals surface area contributed by atoms with Gasteiger partial charge in [-0.05, 0) is 18.3 Å². The molecule has 1 fully saturated rings. The highest BCUT2D eigenvalue weighted by Crippen LogP contribution is 2.34. The molecular weight excluding hydrogens is 258 g/mol. The molecular formula is C14H23N3O3. The van der Waals surface area contributed by atoms with E-state index in [-0.39, 0.29) is 11.5 Å². The molecule has 1 aromatic rings. The lowest BCUT2D eigenvalue weighted by atomic mass is 9.86. The number of carbonyl (C=O) groups excluding carboxylic acids is 1. The van der Waals surface area contributed by atoms with Crippen LogP contribution in [0.3, 0.4) is 0 Å². The summed E-state index contributed by atoms with van der Waals surface area (Å²) in [6.45, 7) is 7.44. The standard InChI is InChI=1S/C14H23N3O3/c1-14(2,3)10-11(13(18)19-4)16-17(12(10)15)9-5-7-20-8-6-9/h9H,5-8,15H2,1-4H3. The van der Waals surface area contributed by atoms with Crippen molar-refractivity contribution in [2.45, 2.75) is 45.1 Å². The summed E-state index contributed by atoms with van der Waals surface area (Å²) < 4.78 is 12.0. The van der Waals surface area contributed by atoms with Crippen LogP contribution in [0, 0.1) is 0 Å². The van der Waals surface area contributed by atoms with E-state index in [4.69, 9.17) is 15.2 Å². The molecule has 0 saturated carbocycles. The van der Waals surface area contributed by atoms with Crippen molar-refractivity contribution in [3.8, 4) is 0 Å². The average molecular weight is 281 g/mol. The zero-order valence-corrected chi connectivity index (χ0v) is 12.6. The molecule has 2 heterocycles. The molecule has 20 heavy (non-hydrogen) atoms. The van der Waals surface area contributed by atoms with Crippen molar-refractivity contribution in [2.75, 3.05) is 26.1 Å². The van der Waals surface area contributed by atoms with Crippen LogP contribution in [0.2, 0.25) is 0 Å². The molecule has 0 aliphatic carbocycles. The van der Waals surface area contributed by atoms with Crippen LogP contribution in [0.4, 0.5) is 5.82 Å². The van der Waals surface area contributed by atoms with Gasteiger partial charge in [-0.15, -0.1) is 0 Å². The van der Waals surface area contributed by atoms with Gasteiger partial charge in [0.1, 0.15) is 5.82 Å². The molecule has 0 atom stereocenters. The second-order valence-corrected chi connectivity index (χ2v) is 6.14. The Morgan fingerprint density at radius 3 is 2.50 bits per heavy atom. The second-order valence-electron chi connectivity index (χ2n) is 6.14. The lowest BCUT2D eigenvalue weighted by Gasteiger charge is -2.24. The Kier molecular flexibility index (Phi) is 4.04. The number of aromatic nitrogens is 2. The summed E-state index contributed by atoms with van der Waals surface area (Å²) in [5.74, 6) is 0.122. The van der Waals surface area contributed by atoms with Gasteiger partial charge in [-0.1, -0.05) is 20.8 Å². The Morgan fingerprint density at radius 2 is 2.00 bits per heavy atom. The van der Waals surface area contributed by atoms with Gasteiger partial charge in [-0.2, -0.15) is 5.10 Å². The van der Waals surface area contributed by atoms with E-state index in [2.05, 4.69) is 5.10 Å². The van der Waals surface area contributed by atoms with E-state index >= 15 is 0 Å². The SMILES string of the molecule is COC(=O)c1nn(C2CCOCC2)c(N)c1C(C)(C)C. The van der Waals surface area contributed by atoms with Gasteiger partial charge in [0.15, 0.2) is 5.69 Å². The van der Waals surface area contributed by atoms with E-state index in [0.29, 0.717) is 24.7 Å². The predicted octanol–water partition coefficient (Wildman–Crippen LogP) is 1.90. The zero-order chi connectivity index (χ0) is 14.9. The van der Waals surface area contributed by atoms with Crippen molar-refractivity contribution >= 4 is 11.8 Å². The molecule has 0 radical (unpaired) electrons. The van der Waals surface area contributed by atoms with E-state index in [1.807, 2.05) is 20.8 Å². The van der Waals surface area contributed by atoms with E-state index in [1.165, 1.54) is 7.11 Å². The van der Waals surface area contributed by atoms with Gasteiger partial charge < -0.3 is 15.2 Å². The van der Waals surface area contributed by atoms with E-state index in [0.717, 1.165) is 18.4 Å². The third-order valence-corrected chi connectivity index (χ3v) is 3.61. The molecule has 0 amide bonds. The third-order valence-electron chi connectivity index (χ3n) is 3.61. The molecule has 0 aromatic carbocycles. The van der Waals surface area contributed by atoms with Gasteiger partial charge in [0.2, 0.25) is 0 Å². The van der Waals surface area contributed by atoms with E-state index in [9.17, 15) is 4.79 Å². The first-order chi connectivity index (χ1) is 9.36. The summed E-state index contributed by atoms with van der Waals surface area (Å²) >= 11 is 0. The number of hydrogen-bond donors (Lipinski definition) is 1. The molecule has 1 aromatic heterocycles. The van der Waals surface area contributed by atoms with Gasteiger partial charge in [-0.3, -0.25) is 0 Å². The van der Waals surface area contributed by atoms with Gasteiger partial charge in [0.25, 0.3) is 0 Å². The molecule has 112 valence electrons. The highest BCUT2D eigenvalue weighted by atomic mass is 16.5. The highest BCUT2D eigenvalue weighted by molar-refractivity contribution is 5.90. The topological polar surface area (TPSA) is 79.4 Å². The molecule has 0 spiro atoms. The number of nitrogens with zero attached hydrogens (tertiary/aromatic N) is 2. The van der Waals surface area contributed by atoms with E-state index < -0.39 is 5.97 Å². The summed E-state index contributed by atoms with van der Waals surface area (Å²) in [6, 6.07) is 0.184. The molecule has 0 unspecified atom stereocenters. The fourth-order valence-electron chi connectivity index (χ4n) is 2.63. The van der Waals surface area contributed by atoms with Gasteiger partial charge >= 0.3 is 5.97 Å². The van der Waals surface area contributed by atoms with Crippen molar-refractivity contribution in [1.82, 2.24) is 9.78 Å². The van der Waals surface area contributed by atoms with Crippen LogP contribution in [-0.2, 0) is 14.9 Å². The van der Waals surface area contributed by atoms with E-state index in [1.54, 1.807) is 4.68 Å². The van der Waals surface area contributed by atoms with Crippen molar-refractivity contribution in [3.63, 3.8) is 0 Å². The van der Waals surface area contributed by atoms with Crippen molar-refractivity contribution in [3.05, 3.63) is 11.3 Å². The molecule has 1 aliphatic heterocycles. The monoisotopic (exact) mass is 281 g/mol. The molecule has 1 aliphatic rings. The zero-order valence-electron chi connectivity index (χ0n) is 12.6. The summed E-state index contributed by atoms with van der Waals surface area (Å²) in [5, 5.41) is 4.43. The summed E-state index contributed by atoms with van der Waals surface area (Å²) in [5.41, 5.74) is 7.08. The largest absolute Gasteiger partial charge is 0.464 e. The van der Waals surface area contributed by atoms with Crippen LogP contribution in [0.1, 0.15) is 55.7 Å². The fourth-order valence-corrected chi connectivity index (χ4v) is 2.63. The number of rotatable bonds is 2. The molecule has 2 rings (SSSR count). The van der Waals surface area contributed by atoms with Gasteiger partial charge in [0.05, 0.1) is 13.2 Å². The minimum absolute atomic E-state index is 0.184. The Bertz CT molecular complexity index is 496. The number of esters is 1. The Morgan fingerprint density at radius 1 is 1.40 bits per heavy atom. The molecule has 1 saturated heterocycles. The molecule has 6 nitrogen and oxygen atoms in total. The van der Waals surface area contributed by atoms with Crippen LogP contribution in [0.5, 0.6) is 0 Å². The van der Waals surface area contributed by atoms with Crippen molar-refractivity contribution in [1.29, 1.82) is 0 Å². The van der Waals surface area contributed by atoms with Crippen molar-refractivity contribution < 1.29 is 14.3 Å². The number of carbonyl (C=O) groups is 1. The lowest BCUT2D eigenvalue weighted by Crippen LogP contribution is -2.22. The van der Waals surface area contributed by atoms with Crippen LogP contribution < -0.4 is 5.73 Å². The third kappa shape index (κ3) is 2.65. The van der Waals surface area contributed by atoms with Crippen LogP contribution >= 0.6 is 0 Å². The number of methoxy groups -OCH3 is 1. The smallest absolute Gasteiger partial charge is 0.358 e. The van der Waals surface area contributed by atoms with Gasteiger partial charge in [0, 0.05) is 18.8 Å². The quantitative estimate of drug-likeness (QED) is 0.837. The normalized spacial score (nSPS) is 17.2. The molecule has 0 bridgehead atoms. The minimum Gasteiger partial charge on any atom is -0.464 e. The molecule has 6 heteroatoms. The average Bonchev–Trinajstić information content (AvgIpc) is 2.76. The van der Waals surface area contributed by atoms with Crippen LogP contribution in [0.15, 0.2) is 0 Å². The van der Waals surface area contributed by atoms with Crippen LogP contribution in [-0.4, -0.2) is 36.1 Å². The second kappa shape index (κ2) is 5.44. The fraction of sp³-hybridized carbons (Fsp3) is 0.714. The Labute approximate surface area is 119 Å². The maximum Gasteiger partial charge on any atom is 0.358 e. The first kappa shape index (κ1) is 14.8. The maximum atomic E-state index is 12.0. The minimum atomic E-state index is -0.438. The number of nitrogens with two attached hydrogens (primary N) is 1. The maximum absolute atomic E-state index is 12.0. The summed E-state index contributed by atoms with van der Waals surface area (Å²) in [4.78, 5) is 12.0. The summed E-state index contributed by atoms with van der Waals surface area (Å²) in [7, 11) is 1.36. The number of anilines is 1. The Hall–Kier alpha value is -1.56. The number of hydrogen-bond acceptors (Lipinski definition) is 5. The van der Waals surface area contributed by atoms with Crippen molar-refractivity contribution in [2.24, 2.45) is 0 Å². The highest BCUT2D eigenvalue weighted by Gasteiger charge is 2.32. The first-order valence-electron chi connectivity index (χ1n) is 6.90. The number of nitrogen functional groups attached to an aromatic ring is 1.